The zero-order valence-corrected chi connectivity index (χ0v) is 13.1. The molecule has 0 amide bonds. The molecule has 0 spiro atoms. The van der Waals surface area contributed by atoms with Gasteiger partial charge in [0.15, 0.2) is 0 Å². The highest BCUT2D eigenvalue weighted by molar-refractivity contribution is 4.89. The van der Waals surface area contributed by atoms with Crippen LogP contribution in [0, 0.1) is 11.3 Å². The second-order valence-electron chi connectivity index (χ2n) is 7.31. The van der Waals surface area contributed by atoms with Crippen molar-refractivity contribution >= 4 is 0 Å². The van der Waals surface area contributed by atoms with Crippen LogP contribution in [-0.2, 0) is 0 Å². The highest BCUT2D eigenvalue weighted by atomic mass is 16.3. The van der Waals surface area contributed by atoms with Gasteiger partial charge >= 0.3 is 0 Å². The van der Waals surface area contributed by atoms with E-state index in [1.165, 1.54) is 51.6 Å². The van der Waals surface area contributed by atoms with Crippen molar-refractivity contribution in [3.8, 4) is 0 Å². The summed E-state index contributed by atoms with van der Waals surface area (Å²) in [6.07, 6.45) is 7.63. The van der Waals surface area contributed by atoms with E-state index in [1.807, 2.05) is 0 Å². The maximum absolute atomic E-state index is 9.91. The Morgan fingerprint density at radius 1 is 1.26 bits per heavy atom. The molecule has 2 atom stereocenters. The molecule has 1 saturated carbocycles. The minimum absolute atomic E-state index is 0.176. The van der Waals surface area contributed by atoms with Gasteiger partial charge in [0.2, 0.25) is 0 Å². The molecule has 2 rings (SSSR count). The highest BCUT2D eigenvalue weighted by Gasteiger charge is 2.36. The first kappa shape index (κ1) is 15.3. The molecular weight excluding hydrogens is 236 g/mol. The quantitative estimate of drug-likeness (QED) is 0.847. The van der Waals surface area contributed by atoms with Crippen LogP contribution in [0.4, 0.5) is 0 Å². The normalized spacial score (nSPS) is 34.9. The van der Waals surface area contributed by atoms with E-state index < -0.39 is 0 Å². The Balaban J connectivity index is 1.90. The van der Waals surface area contributed by atoms with E-state index in [0.29, 0.717) is 6.61 Å². The van der Waals surface area contributed by atoms with Gasteiger partial charge in [0.25, 0.3) is 0 Å². The third kappa shape index (κ3) is 3.93. The second-order valence-corrected chi connectivity index (χ2v) is 7.31. The Kier molecular flexibility index (Phi) is 5.27. The Hall–Kier alpha value is -0.120. The van der Waals surface area contributed by atoms with Gasteiger partial charge in [0.05, 0.1) is 0 Å². The first-order valence-electron chi connectivity index (χ1n) is 8.04. The minimum Gasteiger partial charge on any atom is -0.396 e. The molecule has 3 heteroatoms. The average molecular weight is 268 g/mol. The highest BCUT2D eigenvalue weighted by Crippen LogP contribution is 2.40. The van der Waals surface area contributed by atoms with Crippen molar-refractivity contribution in [2.24, 2.45) is 11.3 Å². The van der Waals surface area contributed by atoms with E-state index >= 15 is 0 Å². The van der Waals surface area contributed by atoms with Gasteiger partial charge in [-0.2, -0.15) is 0 Å². The van der Waals surface area contributed by atoms with Gasteiger partial charge in [-0.05, 0) is 58.8 Å². The number of aliphatic hydroxyl groups excluding tert-OH is 1. The number of hydrogen-bond donors (Lipinski definition) is 1. The molecule has 0 radical (unpaired) electrons. The Morgan fingerprint density at radius 2 is 1.95 bits per heavy atom. The van der Waals surface area contributed by atoms with Crippen LogP contribution in [0.2, 0.25) is 0 Å². The molecule has 3 nitrogen and oxygen atoms in total. The smallest absolute Gasteiger partial charge is 0.0499 e. The van der Waals surface area contributed by atoms with Crippen molar-refractivity contribution in [1.29, 1.82) is 0 Å². The molecule has 1 aliphatic carbocycles. The zero-order valence-electron chi connectivity index (χ0n) is 13.1. The van der Waals surface area contributed by atoms with Crippen molar-refractivity contribution in [3.05, 3.63) is 0 Å². The topological polar surface area (TPSA) is 26.7 Å². The van der Waals surface area contributed by atoms with Crippen molar-refractivity contribution in [3.63, 3.8) is 0 Å². The SMILES string of the molecule is CC1CCCC(CO)(CN(C)C2CCN(C)CC2)C1. The fourth-order valence-corrected chi connectivity index (χ4v) is 4.20. The maximum Gasteiger partial charge on any atom is 0.0499 e. The van der Waals surface area contributed by atoms with E-state index in [9.17, 15) is 5.11 Å². The summed E-state index contributed by atoms with van der Waals surface area (Å²) >= 11 is 0. The predicted molar refractivity (Wildman–Crippen MR) is 80.3 cm³/mol. The van der Waals surface area contributed by atoms with Crippen LogP contribution < -0.4 is 0 Å². The van der Waals surface area contributed by atoms with E-state index in [2.05, 4.69) is 30.8 Å². The summed E-state index contributed by atoms with van der Waals surface area (Å²) in [5.74, 6) is 0.784. The molecule has 2 fully saturated rings. The van der Waals surface area contributed by atoms with Gasteiger partial charge in [-0.25, -0.2) is 0 Å². The molecule has 0 aromatic rings. The van der Waals surface area contributed by atoms with Gasteiger partial charge in [-0.3, -0.25) is 0 Å². The summed E-state index contributed by atoms with van der Waals surface area (Å²) in [5.41, 5.74) is 0.176. The van der Waals surface area contributed by atoms with E-state index in [0.717, 1.165) is 18.5 Å². The van der Waals surface area contributed by atoms with Crippen LogP contribution in [-0.4, -0.2) is 61.3 Å². The first-order chi connectivity index (χ1) is 9.04. The Bertz CT molecular complexity index is 276. The molecule has 19 heavy (non-hydrogen) atoms. The van der Waals surface area contributed by atoms with Gasteiger partial charge in [0, 0.05) is 24.6 Å². The van der Waals surface area contributed by atoms with Crippen molar-refractivity contribution in [2.45, 2.75) is 51.5 Å². The summed E-state index contributed by atoms with van der Waals surface area (Å²) in [5, 5.41) is 9.91. The van der Waals surface area contributed by atoms with Crippen LogP contribution in [0.5, 0.6) is 0 Å². The largest absolute Gasteiger partial charge is 0.396 e. The van der Waals surface area contributed by atoms with Crippen LogP contribution >= 0.6 is 0 Å². The fourth-order valence-electron chi connectivity index (χ4n) is 4.20. The molecule has 2 aliphatic rings. The molecule has 1 heterocycles. The fraction of sp³-hybridized carbons (Fsp3) is 1.00. The summed E-state index contributed by atoms with van der Waals surface area (Å²) in [7, 11) is 4.49. The van der Waals surface area contributed by atoms with Crippen LogP contribution in [0.15, 0.2) is 0 Å². The van der Waals surface area contributed by atoms with Gasteiger partial charge < -0.3 is 14.9 Å². The molecular formula is C16H32N2O. The summed E-state index contributed by atoms with van der Waals surface area (Å²) in [4.78, 5) is 4.97. The van der Waals surface area contributed by atoms with E-state index in [4.69, 9.17) is 0 Å². The Morgan fingerprint density at radius 3 is 2.53 bits per heavy atom. The first-order valence-corrected chi connectivity index (χ1v) is 8.04. The van der Waals surface area contributed by atoms with Crippen molar-refractivity contribution in [1.82, 2.24) is 9.80 Å². The van der Waals surface area contributed by atoms with Crippen LogP contribution in [0.25, 0.3) is 0 Å². The van der Waals surface area contributed by atoms with Gasteiger partial charge in [-0.15, -0.1) is 0 Å². The lowest BCUT2D eigenvalue weighted by Crippen LogP contribution is -2.48. The molecule has 0 bridgehead atoms. The zero-order chi connectivity index (χ0) is 13.9. The van der Waals surface area contributed by atoms with Gasteiger partial charge in [-0.1, -0.05) is 19.8 Å². The number of nitrogens with zero attached hydrogens (tertiary/aromatic N) is 2. The number of rotatable bonds is 4. The van der Waals surface area contributed by atoms with Crippen LogP contribution in [0.1, 0.15) is 45.4 Å². The lowest BCUT2D eigenvalue weighted by Gasteiger charge is -2.44. The van der Waals surface area contributed by atoms with E-state index in [-0.39, 0.29) is 5.41 Å². The molecule has 1 saturated heterocycles. The second kappa shape index (κ2) is 6.55. The molecule has 1 N–H and O–H groups in total. The molecule has 112 valence electrons. The third-order valence-electron chi connectivity index (χ3n) is 5.42. The summed E-state index contributed by atoms with van der Waals surface area (Å²) in [6, 6.07) is 0.719. The number of aliphatic hydroxyl groups is 1. The van der Waals surface area contributed by atoms with E-state index in [1.54, 1.807) is 0 Å². The van der Waals surface area contributed by atoms with Crippen molar-refractivity contribution in [2.75, 3.05) is 40.3 Å². The molecule has 0 aromatic carbocycles. The molecule has 1 aliphatic heterocycles. The standard InChI is InChI=1S/C16H32N2O/c1-14-5-4-8-16(11-14,13-19)12-18(3)15-6-9-17(2)10-7-15/h14-15,19H,4-13H2,1-3H3. The predicted octanol–water partition coefficient (Wildman–Crippen LogP) is 2.20. The number of piperidine rings is 1. The molecule has 0 aromatic heterocycles. The van der Waals surface area contributed by atoms with Crippen molar-refractivity contribution < 1.29 is 5.11 Å². The minimum atomic E-state index is 0.176. The Labute approximate surface area is 119 Å². The lowest BCUT2D eigenvalue weighted by atomic mass is 9.70. The van der Waals surface area contributed by atoms with Gasteiger partial charge in [0.1, 0.15) is 0 Å². The lowest BCUT2D eigenvalue weighted by molar-refractivity contribution is 0.0110. The number of hydrogen-bond acceptors (Lipinski definition) is 3. The summed E-state index contributed by atoms with van der Waals surface area (Å²) in [6.45, 7) is 6.24. The third-order valence-corrected chi connectivity index (χ3v) is 5.42. The molecule has 2 unspecified atom stereocenters. The van der Waals surface area contributed by atoms with Crippen LogP contribution in [0.3, 0.4) is 0 Å². The average Bonchev–Trinajstić information content (AvgIpc) is 2.39. The maximum atomic E-state index is 9.91. The number of likely N-dealkylation sites (tertiary alicyclic amines) is 1. The monoisotopic (exact) mass is 268 g/mol. The summed E-state index contributed by atoms with van der Waals surface area (Å²) < 4.78 is 0.